The molecular formula is C14H11NO2S2. The van der Waals surface area contributed by atoms with E-state index in [2.05, 4.69) is 4.98 Å². The van der Waals surface area contributed by atoms with Crippen LogP contribution < -0.4 is 0 Å². The van der Waals surface area contributed by atoms with Gasteiger partial charge in [-0.25, -0.2) is 13.4 Å². The molecule has 2 aromatic carbocycles. The molecule has 0 spiro atoms. The Balaban J connectivity index is 2.22. The van der Waals surface area contributed by atoms with Crippen molar-refractivity contribution < 1.29 is 8.42 Å². The highest BCUT2D eigenvalue weighted by atomic mass is 32.2. The lowest BCUT2D eigenvalue weighted by atomic mass is 10.2. The van der Waals surface area contributed by atoms with Crippen molar-refractivity contribution in [3.8, 4) is 0 Å². The first-order valence-corrected chi connectivity index (χ1v) is 8.05. The third kappa shape index (κ3) is 2.05. The molecule has 0 N–H and O–H groups in total. The van der Waals surface area contributed by atoms with Gasteiger partial charge in [0.25, 0.3) is 0 Å². The number of sulfone groups is 1. The van der Waals surface area contributed by atoms with Gasteiger partial charge in [-0.15, -0.1) is 11.3 Å². The first kappa shape index (κ1) is 12.3. The lowest BCUT2D eigenvalue weighted by molar-refractivity contribution is 0.595. The third-order valence-electron chi connectivity index (χ3n) is 2.88. The van der Waals surface area contributed by atoms with E-state index in [1.54, 1.807) is 30.3 Å². The van der Waals surface area contributed by atoms with Gasteiger partial charge in [0.2, 0.25) is 14.2 Å². The maximum atomic E-state index is 12.5. The minimum atomic E-state index is -3.51. The van der Waals surface area contributed by atoms with Gasteiger partial charge >= 0.3 is 0 Å². The minimum Gasteiger partial charge on any atom is -0.225 e. The fraction of sp³-hybridized carbons (Fsp3) is 0.0714. The highest BCUT2D eigenvalue weighted by Crippen LogP contribution is 2.30. The van der Waals surface area contributed by atoms with Crippen molar-refractivity contribution in [1.29, 1.82) is 0 Å². The normalized spacial score (nSPS) is 11.8. The Morgan fingerprint density at radius 1 is 1.00 bits per heavy atom. The van der Waals surface area contributed by atoms with Crippen LogP contribution >= 0.6 is 11.3 Å². The third-order valence-corrected chi connectivity index (χ3v) is 6.05. The number of fused-ring (bicyclic) bond motifs is 1. The molecule has 96 valence electrons. The predicted molar refractivity (Wildman–Crippen MR) is 76.3 cm³/mol. The summed E-state index contributed by atoms with van der Waals surface area (Å²) < 4.78 is 26.0. The summed E-state index contributed by atoms with van der Waals surface area (Å²) >= 11 is 1.21. The molecule has 1 heterocycles. The smallest absolute Gasteiger partial charge is 0.225 e. The standard InChI is InChI=1S/C14H11NO2S2/c1-10-6-5-9-12-13(10)15-14(18-12)19(16,17)11-7-3-2-4-8-11/h2-9H,1H3. The van der Waals surface area contributed by atoms with Crippen LogP contribution in [-0.4, -0.2) is 13.4 Å². The van der Waals surface area contributed by atoms with E-state index in [1.807, 2.05) is 25.1 Å². The summed E-state index contributed by atoms with van der Waals surface area (Å²) in [5, 5.41) is 0. The number of nitrogens with zero attached hydrogens (tertiary/aromatic N) is 1. The van der Waals surface area contributed by atoms with Crippen LogP contribution in [0.25, 0.3) is 10.2 Å². The van der Waals surface area contributed by atoms with Gasteiger partial charge in [0.05, 0.1) is 15.1 Å². The summed E-state index contributed by atoms with van der Waals surface area (Å²) in [6.45, 7) is 1.93. The quantitative estimate of drug-likeness (QED) is 0.726. The second-order valence-electron chi connectivity index (χ2n) is 4.22. The van der Waals surface area contributed by atoms with Crippen LogP contribution in [0.5, 0.6) is 0 Å². The molecule has 0 aliphatic rings. The van der Waals surface area contributed by atoms with E-state index in [1.165, 1.54) is 11.3 Å². The van der Waals surface area contributed by atoms with Crippen molar-refractivity contribution in [3.63, 3.8) is 0 Å². The molecule has 0 saturated carbocycles. The van der Waals surface area contributed by atoms with Gasteiger partial charge in [-0.05, 0) is 30.7 Å². The Morgan fingerprint density at radius 2 is 1.74 bits per heavy atom. The van der Waals surface area contributed by atoms with Gasteiger partial charge in [0.1, 0.15) is 0 Å². The molecule has 5 heteroatoms. The SMILES string of the molecule is Cc1cccc2sc(S(=O)(=O)c3ccccc3)nc12. The van der Waals surface area contributed by atoms with Crippen LogP contribution in [0.3, 0.4) is 0 Å². The number of thiazole rings is 1. The lowest BCUT2D eigenvalue weighted by Crippen LogP contribution is -2.00. The molecule has 0 atom stereocenters. The highest BCUT2D eigenvalue weighted by molar-refractivity contribution is 7.93. The van der Waals surface area contributed by atoms with E-state index >= 15 is 0 Å². The number of aromatic nitrogens is 1. The van der Waals surface area contributed by atoms with Crippen LogP contribution in [0.1, 0.15) is 5.56 Å². The van der Waals surface area contributed by atoms with Crippen molar-refractivity contribution in [2.75, 3.05) is 0 Å². The molecule has 0 amide bonds. The fourth-order valence-electron chi connectivity index (χ4n) is 1.88. The molecule has 0 radical (unpaired) electrons. The van der Waals surface area contributed by atoms with Gasteiger partial charge in [0.15, 0.2) is 0 Å². The van der Waals surface area contributed by atoms with Gasteiger partial charge in [0, 0.05) is 0 Å². The monoisotopic (exact) mass is 289 g/mol. The van der Waals surface area contributed by atoms with Crippen LogP contribution in [0.15, 0.2) is 57.8 Å². The number of benzene rings is 2. The Morgan fingerprint density at radius 3 is 2.42 bits per heavy atom. The van der Waals surface area contributed by atoms with Gasteiger partial charge in [-0.3, -0.25) is 0 Å². The second kappa shape index (κ2) is 4.43. The zero-order valence-electron chi connectivity index (χ0n) is 10.2. The fourth-order valence-corrected chi connectivity index (χ4v) is 4.58. The van der Waals surface area contributed by atoms with E-state index in [0.29, 0.717) is 0 Å². The molecule has 0 bridgehead atoms. The first-order chi connectivity index (χ1) is 9.09. The molecule has 19 heavy (non-hydrogen) atoms. The first-order valence-electron chi connectivity index (χ1n) is 5.75. The Hall–Kier alpha value is -1.72. The number of aryl methyl sites for hydroxylation is 1. The van der Waals surface area contributed by atoms with Crippen LogP contribution in [0.2, 0.25) is 0 Å². The Bertz CT molecular complexity index is 836. The van der Waals surface area contributed by atoms with Crippen molar-refractivity contribution in [2.45, 2.75) is 16.2 Å². The summed E-state index contributed by atoms with van der Waals surface area (Å²) in [5.41, 5.74) is 1.75. The van der Waals surface area contributed by atoms with Gasteiger partial charge in [-0.1, -0.05) is 30.3 Å². The maximum absolute atomic E-state index is 12.5. The lowest BCUT2D eigenvalue weighted by Gasteiger charge is -1.98. The summed E-state index contributed by atoms with van der Waals surface area (Å²) in [4.78, 5) is 4.57. The molecule has 3 rings (SSSR count). The zero-order chi connectivity index (χ0) is 13.5. The molecule has 3 aromatic rings. The average molecular weight is 289 g/mol. The molecule has 0 aliphatic carbocycles. The number of hydrogen-bond donors (Lipinski definition) is 0. The molecule has 3 nitrogen and oxygen atoms in total. The average Bonchev–Trinajstić information content (AvgIpc) is 2.86. The number of hydrogen-bond acceptors (Lipinski definition) is 4. The van der Waals surface area contributed by atoms with E-state index in [9.17, 15) is 8.42 Å². The molecular weight excluding hydrogens is 278 g/mol. The largest absolute Gasteiger partial charge is 0.233 e. The van der Waals surface area contributed by atoms with E-state index in [4.69, 9.17) is 0 Å². The number of rotatable bonds is 2. The summed E-state index contributed by atoms with van der Waals surface area (Å²) in [7, 11) is -3.51. The minimum absolute atomic E-state index is 0.156. The molecule has 0 aliphatic heterocycles. The van der Waals surface area contributed by atoms with E-state index < -0.39 is 9.84 Å². The molecule has 0 unspecified atom stereocenters. The predicted octanol–water partition coefficient (Wildman–Crippen LogP) is 3.44. The van der Waals surface area contributed by atoms with Crippen molar-refractivity contribution >= 4 is 31.4 Å². The molecule has 1 aromatic heterocycles. The summed E-state index contributed by atoms with van der Waals surface area (Å²) in [6, 6.07) is 14.1. The summed E-state index contributed by atoms with van der Waals surface area (Å²) in [5.74, 6) is 0. The summed E-state index contributed by atoms with van der Waals surface area (Å²) in [6.07, 6.45) is 0. The van der Waals surface area contributed by atoms with E-state index in [0.717, 1.165) is 15.8 Å². The van der Waals surface area contributed by atoms with Gasteiger partial charge in [-0.2, -0.15) is 0 Å². The van der Waals surface area contributed by atoms with Crippen molar-refractivity contribution in [1.82, 2.24) is 4.98 Å². The zero-order valence-corrected chi connectivity index (χ0v) is 11.8. The van der Waals surface area contributed by atoms with Gasteiger partial charge < -0.3 is 0 Å². The molecule has 0 fully saturated rings. The highest BCUT2D eigenvalue weighted by Gasteiger charge is 2.22. The van der Waals surface area contributed by atoms with Crippen molar-refractivity contribution in [3.05, 3.63) is 54.1 Å². The van der Waals surface area contributed by atoms with Crippen LogP contribution in [0.4, 0.5) is 0 Å². The maximum Gasteiger partial charge on any atom is 0.233 e. The Kier molecular flexibility index (Phi) is 2.88. The number of para-hydroxylation sites is 1. The van der Waals surface area contributed by atoms with Crippen LogP contribution in [-0.2, 0) is 9.84 Å². The topological polar surface area (TPSA) is 47.0 Å². The second-order valence-corrected chi connectivity index (χ2v) is 7.37. The van der Waals surface area contributed by atoms with Crippen molar-refractivity contribution in [2.24, 2.45) is 0 Å². The molecule has 0 saturated heterocycles. The van der Waals surface area contributed by atoms with E-state index in [-0.39, 0.29) is 9.24 Å². The van der Waals surface area contributed by atoms with Crippen LogP contribution in [0, 0.1) is 6.92 Å². The Labute approximate surface area is 115 Å².